The van der Waals surface area contributed by atoms with Crippen molar-refractivity contribution in [2.75, 3.05) is 12.4 Å². The van der Waals surface area contributed by atoms with E-state index < -0.39 is 0 Å². The molecule has 0 radical (unpaired) electrons. The molecule has 1 aromatic carbocycles. The van der Waals surface area contributed by atoms with Crippen LogP contribution in [-0.2, 0) is 4.79 Å². The maximum absolute atomic E-state index is 10.2. The molecule has 0 aromatic heterocycles. The molecule has 1 N–H and O–H groups in total. The van der Waals surface area contributed by atoms with E-state index in [9.17, 15) is 4.79 Å². The molecule has 1 amide bonds. The summed E-state index contributed by atoms with van der Waals surface area (Å²) in [5, 5.41) is 2.59. The van der Waals surface area contributed by atoms with Crippen molar-refractivity contribution in [2.24, 2.45) is 0 Å². The van der Waals surface area contributed by atoms with Gasteiger partial charge in [0.05, 0.1) is 12.8 Å². The van der Waals surface area contributed by atoms with Crippen LogP contribution in [-0.4, -0.2) is 13.5 Å². The highest BCUT2D eigenvalue weighted by Gasteiger charge is 2.03. The van der Waals surface area contributed by atoms with Crippen molar-refractivity contribution in [3.8, 4) is 5.75 Å². The Kier molecular flexibility index (Phi) is 2.69. The zero-order valence-corrected chi connectivity index (χ0v) is 7.13. The van der Waals surface area contributed by atoms with E-state index in [1.54, 1.807) is 13.2 Å². The van der Waals surface area contributed by atoms with Gasteiger partial charge in [0.2, 0.25) is 6.41 Å². The summed E-state index contributed by atoms with van der Waals surface area (Å²) in [4.78, 5) is 10.2. The lowest BCUT2D eigenvalue weighted by molar-refractivity contribution is -0.105. The Morgan fingerprint density at radius 2 is 2.25 bits per heavy atom. The second kappa shape index (κ2) is 3.76. The van der Waals surface area contributed by atoms with Gasteiger partial charge in [0.25, 0.3) is 0 Å². The predicted octanol–water partition coefficient (Wildman–Crippen LogP) is 1.57. The van der Waals surface area contributed by atoms with Gasteiger partial charge in [0, 0.05) is 0 Å². The highest BCUT2D eigenvalue weighted by molar-refractivity contribution is 5.77. The lowest BCUT2D eigenvalue weighted by Crippen LogP contribution is -1.99. The number of nitrogens with one attached hydrogen (secondary N) is 1. The maximum Gasteiger partial charge on any atom is 0.211 e. The van der Waals surface area contributed by atoms with Crippen LogP contribution in [0.4, 0.5) is 5.69 Å². The third kappa shape index (κ3) is 1.56. The summed E-state index contributed by atoms with van der Waals surface area (Å²) >= 11 is 0. The molecular formula is C9H11NO2. The Bertz CT molecular complexity index is 284. The number of carbonyl (C=O) groups excluding carboxylic acids is 1. The van der Waals surface area contributed by atoms with E-state index in [1.165, 1.54) is 0 Å². The van der Waals surface area contributed by atoms with Gasteiger partial charge < -0.3 is 10.1 Å². The predicted molar refractivity (Wildman–Crippen MR) is 47.4 cm³/mol. The van der Waals surface area contributed by atoms with Crippen LogP contribution in [0.1, 0.15) is 5.56 Å². The Hall–Kier alpha value is -1.51. The monoisotopic (exact) mass is 165 g/mol. The minimum absolute atomic E-state index is 0.644. The van der Waals surface area contributed by atoms with Gasteiger partial charge in [0.15, 0.2) is 0 Å². The van der Waals surface area contributed by atoms with Crippen molar-refractivity contribution in [1.82, 2.24) is 0 Å². The van der Waals surface area contributed by atoms with Gasteiger partial charge in [-0.1, -0.05) is 12.1 Å². The van der Waals surface area contributed by atoms with Crippen LogP contribution in [0.3, 0.4) is 0 Å². The van der Waals surface area contributed by atoms with Crippen molar-refractivity contribution >= 4 is 12.1 Å². The summed E-state index contributed by atoms with van der Waals surface area (Å²) in [6.45, 7) is 1.91. The van der Waals surface area contributed by atoms with Gasteiger partial charge in [-0.25, -0.2) is 0 Å². The molecule has 0 heterocycles. The fourth-order valence-electron chi connectivity index (χ4n) is 1.05. The van der Waals surface area contributed by atoms with Crippen LogP contribution in [0.25, 0.3) is 0 Å². The Morgan fingerprint density at radius 3 is 2.83 bits per heavy atom. The van der Waals surface area contributed by atoms with Crippen LogP contribution in [0.5, 0.6) is 5.75 Å². The molecule has 3 heteroatoms. The van der Waals surface area contributed by atoms with Crippen molar-refractivity contribution in [2.45, 2.75) is 6.92 Å². The average molecular weight is 165 g/mol. The molecule has 64 valence electrons. The highest BCUT2D eigenvalue weighted by atomic mass is 16.5. The largest absolute Gasteiger partial charge is 0.495 e. The number of methoxy groups -OCH3 is 1. The van der Waals surface area contributed by atoms with Gasteiger partial charge in [-0.05, 0) is 18.6 Å². The second-order valence-electron chi connectivity index (χ2n) is 2.41. The quantitative estimate of drug-likeness (QED) is 0.690. The van der Waals surface area contributed by atoms with E-state index in [0.717, 1.165) is 11.3 Å². The third-order valence-electron chi connectivity index (χ3n) is 1.66. The Morgan fingerprint density at radius 1 is 1.50 bits per heavy atom. The van der Waals surface area contributed by atoms with E-state index >= 15 is 0 Å². The molecular weight excluding hydrogens is 154 g/mol. The van der Waals surface area contributed by atoms with Crippen LogP contribution in [0.15, 0.2) is 18.2 Å². The molecule has 0 aliphatic heterocycles. The number of hydrogen-bond acceptors (Lipinski definition) is 2. The van der Waals surface area contributed by atoms with Crippen molar-refractivity contribution in [3.05, 3.63) is 23.8 Å². The second-order valence-corrected chi connectivity index (χ2v) is 2.41. The minimum Gasteiger partial charge on any atom is -0.495 e. The van der Waals surface area contributed by atoms with Crippen LogP contribution in [0, 0.1) is 6.92 Å². The highest BCUT2D eigenvalue weighted by Crippen LogP contribution is 2.26. The number of carbonyl (C=O) groups is 1. The van der Waals surface area contributed by atoms with E-state index in [1.807, 2.05) is 19.1 Å². The first-order valence-corrected chi connectivity index (χ1v) is 3.63. The molecule has 12 heavy (non-hydrogen) atoms. The smallest absolute Gasteiger partial charge is 0.211 e. The molecule has 1 rings (SSSR count). The summed E-state index contributed by atoms with van der Waals surface area (Å²) in [5.74, 6) is 0.683. The topological polar surface area (TPSA) is 38.3 Å². The molecule has 0 aliphatic rings. The van der Waals surface area contributed by atoms with E-state index in [-0.39, 0.29) is 0 Å². The lowest BCUT2D eigenvalue weighted by Gasteiger charge is -2.08. The first kappa shape index (κ1) is 8.59. The zero-order valence-electron chi connectivity index (χ0n) is 7.13. The zero-order chi connectivity index (χ0) is 8.97. The average Bonchev–Trinajstić information content (AvgIpc) is 2.09. The molecule has 0 saturated carbocycles. The maximum atomic E-state index is 10.2. The molecule has 0 atom stereocenters. The first-order chi connectivity index (χ1) is 5.79. The fraction of sp³-hybridized carbons (Fsp3) is 0.222. The standard InChI is InChI=1S/C9H11NO2/c1-7-4-3-5-8(12-2)9(7)10-6-11/h3-6H,1-2H3,(H,10,11). The number of para-hydroxylation sites is 1. The number of anilines is 1. The molecule has 0 spiro atoms. The van der Waals surface area contributed by atoms with Crippen LogP contribution >= 0.6 is 0 Å². The van der Waals surface area contributed by atoms with Gasteiger partial charge in [-0.2, -0.15) is 0 Å². The molecule has 3 nitrogen and oxygen atoms in total. The number of rotatable bonds is 3. The molecule has 1 aromatic rings. The Balaban J connectivity index is 3.10. The molecule has 0 aliphatic carbocycles. The lowest BCUT2D eigenvalue weighted by atomic mass is 10.2. The van der Waals surface area contributed by atoms with Gasteiger partial charge >= 0.3 is 0 Å². The Labute approximate surface area is 71.4 Å². The summed E-state index contributed by atoms with van der Waals surface area (Å²) in [6.07, 6.45) is 0.644. The van der Waals surface area contributed by atoms with Gasteiger partial charge in [0.1, 0.15) is 5.75 Å². The van der Waals surface area contributed by atoms with Crippen LogP contribution < -0.4 is 10.1 Å². The number of benzene rings is 1. The molecule has 0 fully saturated rings. The molecule has 0 saturated heterocycles. The summed E-state index contributed by atoms with van der Waals surface area (Å²) < 4.78 is 5.06. The van der Waals surface area contributed by atoms with E-state index in [0.29, 0.717) is 12.2 Å². The summed E-state index contributed by atoms with van der Waals surface area (Å²) in [6, 6.07) is 5.59. The number of hydrogen-bond donors (Lipinski definition) is 1. The van der Waals surface area contributed by atoms with Crippen LogP contribution in [0.2, 0.25) is 0 Å². The van der Waals surface area contributed by atoms with Crippen molar-refractivity contribution in [1.29, 1.82) is 0 Å². The first-order valence-electron chi connectivity index (χ1n) is 3.63. The van der Waals surface area contributed by atoms with Crippen molar-refractivity contribution < 1.29 is 9.53 Å². The summed E-state index contributed by atoms with van der Waals surface area (Å²) in [5.41, 5.74) is 1.72. The SMILES string of the molecule is COc1cccc(C)c1NC=O. The molecule has 0 bridgehead atoms. The molecule has 0 unspecified atom stereocenters. The van der Waals surface area contributed by atoms with Gasteiger partial charge in [-0.3, -0.25) is 4.79 Å². The van der Waals surface area contributed by atoms with Crippen molar-refractivity contribution in [3.63, 3.8) is 0 Å². The number of aryl methyl sites for hydroxylation is 1. The number of amides is 1. The minimum atomic E-state index is 0.644. The third-order valence-corrected chi connectivity index (χ3v) is 1.66. The normalized spacial score (nSPS) is 9.17. The summed E-state index contributed by atoms with van der Waals surface area (Å²) in [7, 11) is 1.57. The number of ether oxygens (including phenoxy) is 1. The fourth-order valence-corrected chi connectivity index (χ4v) is 1.05. The van der Waals surface area contributed by atoms with Gasteiger partial charge in [-0.15, -0.1) is 0 Å². The van der Waals surface area contributed by atoms with E-state index in [2.05, 4.69) is 5.32 Å². The van der Waals surface area contributed by atoms with E-state index in [4.69, 9.17) is 4.74 Å².